The zero-order valence-corrected chi connectivity index (χ0v) is 45.8. The largest absolute Gasteiger partial charge is 0.462 e. The number of carbonyl (C=O) groups is 3. The van der Waals surface area contributed by atoms with Crippen molar-refractivity contribution < 1.29 is 28.6 Å². The lowest BCUT2D eigenvalue weighted by Crippen LogP contribution is -2.30. The lowest BCUT2D eigenvalue weighted by atomic mass is 10.0. The van der Waals surface area contributed by atoms with E-state index in [1.54, 1.807) is 0 Å². The Bertz CT molecular complexity index is 1400. The first-order valence-corrected chi connectivity index (χ1v) is 29.2. The van der Waals surface area contributed by atoms with Crippen LogP contribution in [0.2, 0.25) is 0 Å². The molecule has 0 aromatic heterocycles. The molecule has 70 heavy (non-hydrogen) atoms. The second kappa shape index (κ2) is 57.9. The standard InChI is InChI=1S/C64H108O6/c1-4-7-10-13-16-19-22-25-27-29-30-31-32-33-34-36-37-39-42-45-48-51-54-57-63(66)69-60-61(59-68-62(65)56-53-50-47-44-41-24-21-18-15-12-9-6-3)70-64(67)58-55-52-49-46-43-40-38-35-28-26-23-20-17-14-11-8-5-2/h8,11,17,20,22,25-26,28-30,32-33,38,40,46,49,61H,4-7,9-10,12-16,18-19,21,23-24,27,31,34-37,39,41-45,47-48,50-60H2,1-3H3/b11-8-,20-17-,25-22-,28-26-,30-29-,33-32-,40-38-,49-46-. The van der Waals surface area contributed by atoms with Crippen molar-refractivity contribution in [3.05, 3.63) is 97.2 Å². The zero-order chi connectivity index (χ0) is 50.7. The van der Waals surface area contributed by atoms with E-state index in [0.717, 1.165) is 96.3 Å². The van der Waals surface area contributed by atoms with E-state index in [1.165, 1.54) is 128 Å². The fourth-order valence-electron chi connectivity index (χ4n) is 7.96. The first-order chi connectivity index (χ1) is 34.5. The van der Waals surface area contributed by atoms with Crippen LogP contribution in [0.25, 0.3) is 0 Å². The molecule has 0 aromatic carbocycles. The molecule has 0 aliphatic rings. The van der Waals surface area contributed by atoms with Gasteiger partial charge in [0.15, 0.2) is 6.10 Å². The summed E-state index contributed by atoms with van der Waals surface area (Å²) in [6.07, 6.45) is 76.9. The highest BCUT2D eigenvalue weighted by Crippen LogP contribution is 2.15. The Kier molecular flexibility index (Phi) is 54.9. The Morgan fingerprint density at radius 2 is 0.571 bits per heavy atom. The Hall–Kier alpha value is -3.67. The number of rotatable bonds is 52. The Labute approximate surface area is 432 Å². The van der Waals surface area contributed by atoms with Crippen molar-refractivity contribution in [3.8, 4) is 0 Å². The van der Waals surface area contributed by atoms with Gasteiger partial charge >= 0.3 is 17.9 Å². The van der Waals surface area contributed by atoms with Gasteiger partial charge < -0.3 is 14.2 Å². The average Bonchev–Trinajstić information content (AvgIpc) is 3.36. The molecule has 0 fully saturated rings. The van der Waals surface area contributed by atoms with E-state index in [0.29, 0.717) is 19.3 Å². The predicted octanol–water partition coefficient (Wildman–Crippen LogP) is 19.7. The smallest absolute Gasteiger partial charge is 0.306 e. The van der Waals surface area contributed by atoms with Gasteiger partial charge in [0.05, 0.1) is 0 Å². The van der Waals surface area contributed by atoms with Crippen LogP contribution in [0.1, 0.15) is 271 Å². The summed E-state index contributed by atoms with van der Waals surface area (Å²) in [7, 11) is 0. The number of allylic oxidation sites excluding steroid dienone is 16. The number of hydrogen-bond donors (Lipinski definition) is 0. The van der Waals surface area contributed by atoms with E-state index < -0.39 is 6.10 Å². The topological polar surface area (TPSA) is 78.9 Å². The summed E-state index contributed by atoms with van der Waals surface area (Å²) in [6, 6.07) is 0. The van der Waals surface area contributed by atoms with Gasteiger partial charge in [-0.05, 0) is 96.3 Å². The van der Waals surface area contributed by atoms with Crippen LogP contribution >= 0.6 is 0 Å². The number of esters is 3. The van der Waals surface area contributed by atoms with Gasteiger partial charge in [-0.25, -0.2) is 0 Å². The molecule has 0 radical (unpaired) electrons. The number of carbonyl (C=O) groups excluding carboxylic acids is 3. The molecule has 0 aliphatic carbocycles. The maximum Gasteiger partial charge on any atom is 0.306 e. The van der Waals surface area contributed by atoms with Crippen molar-refractivity contribution in [3.63, 3.8) is 0 Å². The molecule has 0 N–H and O–H groups in total. The van der Waals surface area contributed by atoms with Crippen LogP contribution in [-0.2, 0) is 28.6 Å². The summed E-state index contributed by atoms with van der Waals surface area (Å²) in [6.45, 7) is 6.47. The lowest BCUT2D eigenvalue weighted by Gasteiger charge is -2.18. The van der Waals surface area contributed by atoms with Crippen molar-refractivity contribution in [2.75, 3.05) is 13.2 Å². The summed E-state index contributed by atoms with van der Waals surface area (Å²) in [5, 5.41) is 0. The third kappa shape index (κ3) is 55.3. The average molecular weight is 974 g/mol. The second-order valence-corrected chi connectivity index (χ2v) is 19.2. The number of ether oxygens (including phenoxy) is 3. The fourth-order valence-corrected chi connectivity index (χ4v) is 7.96. The van der Waals surface area contributed by atoms with Crippen molar-refractivity contribution in [2.24, 2.45) is 0 Å². The summed E-state index contributed by atoms with van der Waals surface area (Å²) >= 11 is 0. The van der Waals surface area contributed by atoms with Crippen molar-refractivity contribution in [1.82, 2.24) is 0 Å². The third-order valence-electron chi connectivity index (χ3n) is 12.3. The maximum atomic E-state index is 12.8. The first kappa shape index (κ1) is 66.3. The van der Waals surface area contributed by atoms with Gasteiger partial charge in [-0.3, -0.25) is 14.4 Å². The van der Waals surface area contributed by atoms with Crippen LogP contribution in [0.3, 0.4) is 0 Å². The minimum absolute atomic E-state index is 0.101. The maximum absolute atomic E-state index is 12.8. The number of unbranched alkanes of at least 4 members (excludes halogenated alkanes) is 25. The highest BCUT2D eigenvalue weighted by atomic mass is 16.6. The molecule has 0 rings (SSSR count). The van der Waals surface area contributed by atoms with Crippen LogP contribution in [0.15, 0.2) is 97.2 Å². The van der Waals surface area contributed by atoms with E-state index in [9.17, 15) is 14.4 Å². The van der Waals surface area contributed by atoms with Gasteiger partial charge in [-0.1, -0.05) is 253 Å². The van der Waals surface area contributed by atoms with Gasteiger partial charge in [0.1, 0.15) is 13.2 Å². The number of hydrogen-bond acceptors (Lipinski definition) is 6. The van der Waals surface area contributed by atoms with Crippen LogP contribution in [0.5, 0.6) is 0 Å². The molecule has 1 unspecified atom stereocenters. The Morgan fingerprint density at radius 1 is 0.300 bits per heavy atom. The van der Waals surface area contributed by atoms with Gasteiger partial charge in [0.25, 0.3) is 0 Å². The fraction of sp³-hybridized carbons (Fsp3) is 0.703. The van der Waals surface area contributed by atoms with Gasteiger partial charge in [0, 0.05) is 19.3 Å². The Morgan fingerprint density at radius 3 is 0.914 bits per heavy atom. The van der Waals surface area contributed by atoms with Crippen LogP contribution in [-0.4, -0.2) is 37.2 Å². The summed E-state index contributed by atoms with van der Waals surface area (Å²) in [5.74, 6) is -0.964. The molecular formula is C64H108O6. The minimum atomic E-state index is -0.810. The first-order valence-electron chi connectivity index (χ1n) is 29.2. The molecule has 0 spiro atoms. The van der Waals surface area contributed by atoms with Crippen molar-refractivity contribution in [2.45, 2.75) is 277 Å². The van der Waals surface area contributed by atoms with E-state index >= 15 is 0 Å². The monoisotopic (exact) mass is 973 g/mol. The molecule has 6 heteroatoms. The molecule has 0 saturated carbocycles. The summed E-state index contributed by atoms with van der Waals surface area (Å²) < 4.78 is 16.8. The lowest BCUT2D eigenvalue weighted by molar-refractivity contribution is -0.167. The molecule has 0 aliphatic heterocycles. The van der Waals surface area contributed by atoms with Gasteiger partial charge in [-0.15, -0.1) is 0 Å². The van der Waals surface area contributed by atoms with Crippen molar-refractivity contribution in [1.29, 1.82) is 0 Å². The van der Waals surface area contributed by atoms with Crippen LogP contribution in [0, 0.1) is 0 Å². The van der Waals surface area contributed by atoms with E-state index in [2.05, 4.69) is 118 Å². The van der Waals surface area contributed by atoms with E-state index in [-0.39, 0.29) is 37.5 Å². The minimum Gasteiger partial charge on any atom is -0.462 e. The SMILES string of the molecule is CC/C=C\C/C=C\C/C=C\C/C=C\C/C=C\CCCC(=O)OC(COC(=O)CCCCCCCCCC/C=C\C/C=C\C/C=C\CCCCCCC)COC(=O)CCCCCCCCCCCCCC. The predicted molar refractivity (Wildman–Crippen MR) is 302 cm³/mol. The second-order valence-electron chi connectivity index (χ2n) is 19.2. The van der Waals surface area contributed by atoms with Gasteiger partial charge in [-0.2, -0.15) is 0 Å². The van der Waals surface area contributed by atoms with Crippen LogP contribution in [0.4, 0.5) is 0 Å². The molecular weight excluding hydrogens is 865 g/mol. The third-order valence-corrected chi connectivity index (χ3v) is 12.3. The molecule has 1 atom stereocenters. The molecule has 0 aromatic rings. The van der Waals surface area contributed by atoms with Gasteiger partial charge in [0.2, 0.25) is 0 Å². The normalized spacial score (nSPS) is 12.8. The highest BCUT2D eigenvalue weighted by Gasteiger charge is 2.19. The Balaban J connectivity index is 4.42. The summed E-state index contributed by atoms with van der Waals surface area (Å²) in [5.41, 5.74) is 0. The molecule has 0 amide bonds. The summed E-state index contributed by atoms with van der Waals surface area (Å²) in [4.78, 5) is 38.1. The molecule has 0 bridgehead atoms. The van der Waals surface area contributed by atoms with E-state index in [4.69, 9.17) is 14.2 Å². The van der Waals surface area contributed by atoms with Crippen LogP contribution < -0.4 is 0 Å². The highest BCUT2D eigenvalue weighted by molar-refractivity contribution is 5.71. The molecule has 400 valence electrons. The zero-order valence-electron chi connectivity index (χ0n) is 45.8. The quantitative estimate of drug-likeness (QED) is 0.0262. The van der Waals surface area contributed by atoms with E-state index in [1.807, 2.05) is 0 Å². The molecule has 0 heterocycles. The molecule has 0 saturated heterocycles. The molecule has 6 nitrogen and oxygen atoms in total. The van der Waals surface area contributed by atoms with Crippen molar-refractivity contribution >= 4 is 17.9 Å².